The van der Waals surface area contributed by atoms with Gasteiger partial charge in [-0.25, -0.2) is 0 Å². The normalized spacial score (nSPS) is 23.2. The smallest absolute Gasteiger partial charge is 0.0302 e. The molecular formula is C18H30N2S. The molecule has 1 N–H and O–H groups in total. The van der Waals surface area contributed by atoms with Gasteiger partial charge in [0.1, 0.15) is 0 Å². The number of thiophene rings is 1. The molecule has 2 fully saturated rings. The quantitative estimate of drug-likeness (QED) is 0.871. The molecule has 1 saturated heterocycles. The zero-order valence-electron chi connectivity index (χ0n) is 13.9. The lowest BCUT2D eigenvalue weighted by molar-refractivity contribution is 0.256. The first-order valence-electron chi connectivity index (χ1n) is 8.56. The summed E-state index contributed by atoms with van der Waals surface area (Å²) >= 11 is 1.99. The van der Waals surface area contributed by atoms with E-state index in [0.29, 0.717) is 5.41 Å². The molecule has 1 aromatic rings. The predicted octanol–water partition coefficient (Wildman–Crippen LogP) is 4.32. The van der Waals surface area contributed by atoms with E-state index in [1.165, 1.54) is 54.9 Å². The van der Waals surface area contributed by atoms with Gasteiger partial charge in [-0.2, -0.15) is 0 Å². The van der Waals surface area contributed by atoms with Crippen LogP contribution in [-0.2, 0) is 13.1 Å². The Hall–Kier alpha value is -0.380. The molecule has 0 aromatic carbocycles. The summed E-state index contributed by atoms with van der Waals surface area (Å²) in [6, 6.07) is 3.26. The fourth-order valence-corrected chi connectivity index (χ4v) is 4.25. The van der Waals surface area contributed by atoms with Crippen molar-refractivity contribution in [3.05, 3.63) is 21.4 Å². The Morgan fingerprint density at radius 1 is 1.29 bits per heavy atom. The van der Waals surface area contributed by atoms with Crippen molar-refractivity contribution in [2.45, 2.75) is 72.0 Å². The second-order valence-electron chi connectivity index (χ2n) is 7.74. The van der Waals surface area contributed by atoms with E-state index >= 15 is 0 Å². The van der Waals surface area contributed by atoms with Gasteiger partial charge in [0, 0.05) is 28.9 Å². The SMILES string of the molecule is Cc1sc(CNC2CC2)cc1CN1CCCC(C)(C)CC1. The Balaban J connectivity index is 1.56. The van der Waals surface area contributed by atoms with Crippen LogP contribution < -0.4 is 5.32 Å². The molecule has 0 amide bonds. The lowest BCUT2D eigenvalue weighted by atomic mass is 9.85. The van der Waals surface area contributed by atoms with Crippen molar-refractivity contribution in [2.24, 2.45) is 5.41 Å². The monoisotopic (exact) mass is 306 g/mol. The standard InChI is InChI=1S/C18H30N2S/c1-14-15(11-17(21-14)12-19-16-5-6-16)13-20-9-4-7-18(2,3)8-10-20/h11,16,19H,4-10,12-13H2,1-3H3. The minimum absolute atomic E-state index is 0.539. The van der Waals surface area contributed by atoms with Gasteiger partial charge in [0.2, 0.25) is 0 Å². The van der Waals surface area contributed by atoms with Crippen LogP contribution in [-0.4, -0.2) is 24.0 Å². The Morgan fingerprint density at radius 3 is 2.86 bits per heavy atom. The summed E-state index contributed by atoms with van der Waals surface area (Å²) in [7, 11) is 0. The van der Waals surface area contributed by atoms with Crippen LogP contribution in [0.15, 0.2) is 6.07 Å². The van der Waals surface area contributed by atoms with Crippen molar-refractivity contribution in [1.82, 2.24) is 10.2 Å². The minimum atomic E-state index is 0.539. The first kappa shape index (κ1) is 15.5. The lowest BCUT2D eigenvalue weighted by Crippen LogP contribution is -2.25. The van der Waals surface area contributed by atoms with Gasteiger partial charge in [-0.3, -0.25) is 4.90 Å². The molecule has 2 nitrogen and oxygen atoms in total. The van der Waals surface area contributed by atoms with E-state index in [1.54, 1.807) is 5.56 Å². The summed E-state index contributed by atoms with van der Waals surface area (Å²) in [5.41, 5.74) is 2.10. The molecule has 0 atom stereocenters. The molecule has 0 bridgehead atoms. The maximum absolute atomic E-state index is 3.63. The lowest BCUT2D eigenvalue weighted by Gasteiger charge is -2.23. The molecule has 118 valence electrons. The molecule has 2 aliphatic rings. The van der Waals surface area contributed by atoms with E-state index in [1.807, 2.05) is 11.3 Å². The largest absolute Gasteiger partial charge is 0.309 e. The Labute approximate surface area is 133 Å². The van der Waals surface area contributed by atoms with Crippen molar-refractivity contribution >= 4 is 11.3 Å². The highest BCUT2D eigenvalue weighted by atomic mass is 32.1. The summed E-state index contributed by atoms with van der Waals surface area (Å²) in [5.74, 6) is 0. The molecule has 3 heteroatoms. The number of nitrogens with one attached hydrogen (secondary N) is 1. The van der Waals surface area contributed by atoms with Crippen LogP contribution >= 0.6 is 11.3 Å². The van der Waals surface area contributed by atoms with E-state index < -0.39 is 0 Å². The van der Waals surface area contributed by atoms with Crippen molar-refractivity contribution < 1.29 is 0 Å². The molecule has 0 unspecified atom stereocenters. The first-order valence-corrected chi connectivity index (χ1v) is 9.37. The predicted molar refractivity (Wildman–Crippen MR) is 91.8 cm³/mol. The molecule has 1 aliphatic heterocycles. The highest BCUT2D eigenvalue weighted by Crippen LogP contribution is 2.31. The summed E-state index contributed by atoms with van der Waals surface area (Å²) in [5, 5.41) is 3.63. The zero-order valence-corrected chi connectivity index (χ0v) is 14.7. The molecular weight excluding hydrogens is 276 g/mol. The summed E-state index contributed by atoms with van der Waals surface area (Å²) < 4.78 is 0. The molecule has 1 saturated carbocycles. The average molecular weight is 307 g/mol. The number of aryl methyl sites for hydroxylation is 1. The van der Waals surface area contributed by atoms with Crippen LogP contribution in [0.3, 0.4) is 0 Å². The van der Waals surface area contributed by atoms with Crippen LogP contribution in [0.1, 0.15) is 61.3 Å². The summed E-state index contributed by atoms with van der Waals surface area (Å²) in [4.78, 5) is 5.71. The third-order valence-corrected chi connectivity index (χ3v) is 6.13. The second kappa shape index (κ2) is 6.39. The third-order valence-electron chi connectivity index (χ3n) is 5.04. The van der Waals surface area contributed by atoms with Crippen LogP contribution in [0.4, 0.5) is 0 Å². The molecule has 2 heterocycles. The molecule has 21 heavy (non-hydrogen) atoms. The maximum atomic E-state index is 3.63. The summed E-state index contributed by atoms with van der Waals surface area (Å²) in [6.45, 7) is 11.9. The van der Waals surface area contributed by atoms with E-state index in [9.17, 15) is 0 Å². The molecule has 0 spiro atoms. The van der Waals surface area contributed by atoms with Crippen molar-refractivity contribution in [2.75, 3.05) is 13.1 Å². The van der Waals surface area contributed by atoms with Gasteiger partial charge in [-0.1, -0.05) is 13.8 Å². The topological polar surface area (TPSA) is 15.3 Å². The Kier molecular flexibility index (Phi) is 4.72. The van der Waals surface area contributed by atoms with Crippen molar-refractivity contribution in [3.63, 3.8) is 0 Å². The Bertz CT molecular complexity index is 474. The molecule has 1 aromatic heterocycles. The van der Waals surface area contributed by atoms with Gasteiger partial charge < -0.3 is 5.32 Å². The van der Waals surface area contributed by atoms with E-state index in [2.05, 4.69) is 37.1 Å². The highest BCUT2D eigenvalue weighted by molar-refractivity contribution is 7.12. The summed E-state index contributed by atoms with van der Waals surface area (Å²) in [6.07, 6.45) is 6.82. The van der Waals surface area contributed by atoms with Crippen LogP contribution in [0.25, 0.3) is 0 Å². The van der Waals surface area contributed by atoms with Crippen LogP contribution in [0, 0.1) is 12.3 Å². The maximum Gasteiger partial charge on any atom is 0.0302 e. The minimum Gasteiger partial charge on any atom is -0.309 e. The van der Waals surface area contributed by atoms with Gasteiger partial charge in [0.25, 0.3) is 0 Å². The molecule has 3 rings (SSSR count). The Morgan fingerprint density at radius 2 is 2.10 bits per heavy atom. The number of nitrogens with zero attached hydrogens (tertiary/aromatic N) is 1. The van der Waals surface area contributed by atoms with Crippen molar-refractivity contribution in [1.29, 1.82) is 0 Å². The van der Waals surface area contributed by atoms with E-state index in [4.69, 9.17) is 0 Å². The molecule has 1 aliphatic carbocycles. The van der Waals surface area contributed by atoms with Crippen LogP contribution in [0.5, 0.6) is 0 Å². The fraction of sp³-hybridized carbons (Fsp3) is 0.778. The highest BCUT2D eigenvalue weighted by Gasteiger charge is 2.24. The zero-order chi connectivity index (χ0) is 14.9. The first-order chi connectivity index (χ1) is 10.0. The number of hydrogen-bond acceptors (Lipinski definition) is 3. The third kappa shape index (κ3) is 4.54. The van der Waals surface area contributed by atoms with Gasteiger partial charge >= 0.3 is 0 Å². The van der Waals surface area contributed by atoms with Crippen LogP contribution in [0.2, 0.25) is 0 Å². The number of rotatable bonds is 5. The number of hydrogen-bond donors (Lipinski definition) is 1. The van der Waals surface area contributed by atoms with E-state index in [0.717, 1.165) is 19.1 Å². The van der Waals surface area contributed by atoms with Gasteiger partial charge in [-0.15, -0.1) is 11.3 Å². The van der Waals surface area contributed by atoms with Gasteiger partial charge in [-0.05, 0) is 69.2 Å². The second-order valence-corrected chi connectivity index (χ2v) is 9.08. The fourth-order valence-electron chi connectivity index (χ4n) is 3.24. The average Bonchev–Trinajstić information content (AvgIpc) is 3.20. The van der Waals surface area contributed by atoms with E-state index in [-0.39, 0.29) is 0 Å². The molecule has 0 radical (unpaired) electrons. The van der Waals surface area contributed by atoms with Crippen molar-refractivity contribution in [3.8, 4) is 0 Å². The number of likely N-dealkylation sites (tertiary alicyclic amines) is 1. The van der Waals surface area contributed by atoms with Gasteiger partial charge in [0.15, 0.2) is 0 Å². The van der Waals surface area contributed by atoms with Gasteiger partial charge in [0.05, 0.1) is 0 Å².